The Morgan fingerprint density at radius 1 is 1.12 bits per heavy atom. The van der Waals surface area contributed by atoms with Crippen molar-refractivity contribution in [1.82, 2.24) is 24.9 Å². The van der Waals surface area contributed by atoms with E-state index in [-0.39, 0.29) is 5.54 Å². The highest BCUT2D eigenvalue weighted by molar-refractivity contribution is 7.15. The first-order chi connectivity index (χ1) is 11.3. The number of nitrogens with zero attached hydrogens (tertiary/aromatic N) is 6. The summed E-state index contributed by atoms with van der Waals surface area (Å²) in [5.74, 6) is 0.455. The Kier molecular flexibility index (Phi) is 4.92. The van der Waals surface area contributed by atoms with Crippen molar-refractivity contribution in [3.63, 3.8) is 0 Å². The van der Waals surface area contributed by atoms with Gasteiger partial charge in [0.25, 0.3) is 0 Å². The lowest BCUT2D eigenvalue weighted by molar-refractivity contribution is 0.249. The van der Waals surface area contributed by atoms with Gasteiger partial charge in [-0.25, -0.2) is 0 Å². The largest absolute Gasteiger partial charge is 0.344 e. The maximum Gasteiger partial charge on any atom is 0.208 e. The van der Waals surface area contributed by atoms with E-state index in [0.717, 1.165) is 42.9 Å². The fourth-order valence-corrected chi connectivity index (χ4v) is 3.65. The van der Waals surface area contributed by atoms with E-state index in [1.54, 1.807) is 11.3 Å². The van der Waals surface area contributed by atoms with E-state index in [1.807, 2.05) is 10.9 Å². The molecule has 1 aliphatic rings. The number of hydrogen-bond acceptors (Lipinski definition) is 6. The summed E-state index contributed by atoms with van der Waals surface area (Å²) in [6.45, 7) is 16.0. The third-order valence-corrected chi connectivity index (χ3v) is 5.58. The van der Waals surface area contributed by atoms with E-state index in [4.69, 9.17) is 0 Å². The molecule has 0 spiro atoms. The zero-order valence-electron chi connectivity index (χ0n) is 15.4. The highest BCUT2D eigenvalue weighted by atomic mass is 32.1. The van der Waals surface area contributed by atoms with Gasteiger partial charge >= 0.3 is 0 Å². The van der Waals surface area contributed by atoms with Crippen LogP contribution >= 0.6 is 11.3 Å². The lowest BCUT2D eigenvalue weighted by Gasteiger charge is -2.34. The second-order valence-electron chi connectivity index (χ2n) is 7.80. The van der Waals surface area contributed by atoms with Crippen LogP contribution in [-0.2, 0) is 12.1 Å². The average molecular weight is 349 g/mol. The average Bonchev–Trinajstić information content (AvgIpc) is 3.16. The van der Waals surface area contributed by atoms with Crippen molar-refractivity contribution < 1.29 is 0 Å². The summed E-state index contributed by atoms with van der Waals surface area (Å²) < 4.78 is 2.05. The van der Waals surface area contributed by atoms with Gasteiger partial charge in [0.05, 0.1) is 11.7 Å². The summed E-state index contributed by atoms with van der Waals surface area (Å²) >= 11 is 1.73. The lowest BCUT2D eigenvalue weighted by Crippen LogP contribution is -2.45. The lowest BCUT2D eigenvalue weighted by atomic mass is 10.1. The van der Waals surface area contributed by atoms with Gasteiger partial charge in [-0.2, -0.15) is 5.10 Å². The van der Waals surface area contributed by atoms with Crippen LogP contribution in [0.25, 0.3) is 0 Å². The molecule has 2 aromatic rings. The van der Waals surface area contributed by atoms with Crippen LogP contribution in [0.5, 0.6) is 0 Å². The van der Waals surface area contributed by atoms with Gasteiger partial charge < -0.3 is 4.90 Å². The van der Waals surface area contributed by atoms with Gasteiger partial charge in [0.15, 0.2) is 0 Å². The van der Waals surface area contributed by atoms with Crippen LogP contribution < -0.4 is 4.90 Å². The topological polar surface area (TPSA) is 50.1 Å². The number of aromatic nitrogens is 4. The van der Waals surface area contributed by atoms with Gasteiger partial charge in [0.2, 0.25) is 5.13 Å². The molecule has 24 heavy (non-hydrogen) atoms. The standard InChI is InChI=1S/C17H28N6S/c1-13(2)15-19-20-16(24-15)22-8-6-21(7-9-22)11-14-10-18-23(12-14)17(3,4)5/h10,12-13H,6-9,11H2,1-5H3. The fourth-order valence-electron chi connectivity index (χ4n) is 2.75. The Balaban J connectivity index is 1.54. The zero-order chi connectivity index (χ0) is 17.3. The first-order valence-corrected chi connectivity index (χ1v) is 9.49. The van der Waals surface area contributed by atoms with Crippen molar-refractivity contribution in [2.75, 3.05) is 31.1 Å². The molecule has 0 unspecified atom stereocenters. The molecule has 6 nitrogen and oxygen atoms in total. The summed E-state index contributed by atoms with van der Waals surface area (Å²) in [6, 6.07) is 0. The predicted molar refractivity (Wildman–Crippen MR) is 98.7 cm³/mol. The molecule has 1 aliphatic heterocycles. The fraction of sp³-hybridized carbons (Fsp3) is 0.706. The smallest absolute Gasteiger partial charge is 0.208 e. The summed E-state index contributed by atoms with van der Waals surface area (Å²) in [7, 11) is 0. The molecule has 0 aliphatic carbocycles. The first-order valence-electron chi connectivity index (χ1n) is 8.67. The van der Waals surface area contributed by atoms with E-state index in [9.17, 15) is 0 Å². The molecule has 3 heterocycles. The Bertz CT molecular complexity index is 661. The Hall–Kier alpha value is -1.47. The van der Waals surface area contributed by atoms with Crippen molar-refractivity contribution in [2.45, 2.75) is 52.6 Å². The number of rotatable bonds is 4. The Morgan fingerprint density at radius 3 is 2.38 bits per heavy atom. The van der Waals surface area contributed by atoms with Crippen LogP contribution in [0.15, 0.2) is 12.4 Å². The van der Waals surface area contributed by atoms with Crippen molar-refractivity contribution in [1.29, 1.82) is 0 Å². The highest BCUT2D eigenvalue weighted by Gasteiger charge is 2.21. The molecule has 132 valence electrons. The third kappa shape index (κ3) is 3.95. The van der Waals surface area contributed by atoms with Crippen LogP contribution in [-0.4, -0.2) is 51.1 Å². The quantitative estimate of drug-likeness (QED) is 0.850. The summed E-state index contributed by atoms with van der Waals surface area (Å²) in [5.41, 5.74) is 1.33. The second kappa shape index (κ2) is 6.80. The summed E-state index contributed by atoms with van der Waals surface area (Å²) in [4.78, 5) is 4.85. The molecule has 0 amide bonds. The van der Waals surface area contributed by atoms with E-state index >= 15 is 0 Å². The van der Waals surface area contributed by atoms with Crippen molar-refractivity contribution in [3.05, 3.63) is 23.0 Å². The van der Waals surface area contributed by atoms with Crippen LogP contribution in [0.3, 0.4) is 0 Å². The highest BCUT2D eigenvalue weighted by Crippen LogP contribution is 2.26. The Labute approximate surface area is 148 Å². The SMILES string of the molecule is CC(C)c1nnc(N2CCN(Cc3cnn(C(C)(C)C)c3)CC2)s1. The van der Waals surface area contributed by atoms with Gasteiger partial charge in [-0.3, -0.25) is 9.58 Å². The van der Waals surface area contributed by atoms with Crippen LogP contribution in [0.1, 0.15) is 51.1 Å². The predicted octanol–water partition coefficient (Wildman–Crippen LogP) is 2.94. The van der Waals surface area contributed by atoms with Gasteiger partial charge in [0, 0.05) is 50.4 Å². The van der Waals surface area contributed by atoms with Crippen molar-refractivity contribution in [2.24, 2.45) is 0 Å². The van der Waals surface area contributed by atoms with Gasteiger partial charge in [0.1, 0.15) is 5.01 Å². The van der Waals surface area contributed by atoms with Gasteiger partial charge in [-0.15, -0.1) is 10.2 Å². The number of anilines is 1. The molecule has 7 heteroatoms. The molecule has 2 aromatic heterocycles. The van der Waals surface area contributed by atoms with Crippen LogP contribution in [0, 0.1) is 0 Å². The molecule has 1 fully saturated rings. The van der Waals surface area contributed by atoms with Gasteiger partial charge in [-0.1, -0.05) is 25.2 Å². The molecular weight excluding hydrogens is 320 g/mol. The van der Waals surface area contributed by atoms with Crippen molar-refractivity contribution in [3.8, 4) is 0 Å². The summed E-state index contributed by atoms with van der Waals surface area (Å²) in [6.07, 6.45) is 4.17. The van der Waals surface area contributed by atoms with Crippen molar-refractivity contribution >= 4 is 16.5 Å². The zero-order valence-corrected chi connectivity index (χ0v) is 16.2. The maximum absolute atomic E-state index is 4.50. The molecule has 0 radical (unpaired) electrons. The van der Waals surface area contributed by atoms with E-state index in [0.29, 0.717) is 5.92 Å². The minimum atomic E-state index is 0.0446. The van der Waals surface area contributed by atoms with E-state index in [1.165, 1.54) is 5.56 Å². The minimum Gasteiger partial charge on any atom is -0.344 e. The molecule has 0 atom stereocenters. The maximum atomic E-state index is 4.50. The molecule has 0 aromatic carbocycles. The molecule has 3 rings (SSSR count). The normalized spacial score (nSPS) is 17.0. The van der Waals surface area contributed by atoms with E-state index in [2.05, 4.69) is 65.9 Å². The number of hydrogen-bond donors (Lipinski definition) is 0. The third-order valence-electron chi connectivity index (χ3n) is 4.30. The first kappa shape index (κ1) is 17.4. The molecular formula is C17H28N6S. The van der Waals surface area contributed by atoms with Crippen LogP contribution in [0.2, 0.25) is 0 Å². The second-order valence-corrected chi connectivity index (χ2v) is 8.79. The molecule has 0 bridgehead atoms. The minimum absolute atomic E-state index is 0.0446. The molecule has 0 N–H and O–H groups in total. The van der Waals surface area contributed by atoms with Crippen LogP contribution in [0.4, 0.5) is 5.13 Å². The van der Waals surface area contributed by atoms with E-state index < -0.39 is 0 Å². The Morgan fingerprint density at radius 2 is 1.83 bits per heavy atom. The number of piperazine rings is 1. The molecule has 0 saturated carbocycles. The van der Waals surface area contributed by atoms with Gasteiger partial charge in [-0.05, 0) is 20.8 Å². The molecule has 1 saturated heterocycles. The summed E-state index contributed by atoms with van der Waals surface area (Å²) in [5, 5.41) is 15.4. The monoisotopic (exact) mass is 348 g/mol.